The van der Waals surface area contributed by atoms with Gasteiger partial charge in [-0.2, -0.15) is 4.90 Å². The summed E-state index contributed by atoms with van der Waals surface area (Å²) >= 11 is 5.54. The maximum atomic E-state index is 5.54. The van der Waals surface area contributed by atoms with Crippen molar-refractivity contribution < 1.29 is 29.6 Å². The molecule has 0 aliphatic heterocycles. The third-order valence-electron chi connectivity index (χ3n) is 3.00. The van der Waals surface area contributed by atoms with Crippen molar-refractivity contribution in [2.24, 2.45) is 0 Å². The van der Waals surface area contributed by atoms with Gasteiger partial charge in [0.05, 0.1) is 0 Å². The van der Waals surface area contributed by atoms with E-state index >= 15 is 0 Å². The predicted octanol–water partition coefficient (Wildman–Crippen LogP) is 1.67. The first-order valence-corrected chi connectivity index (χ1v) is 6.98. The molecule has 0 aromatic heterocycles. The molecule has 0 bridgehead atoms. The first kappa shape index (κ1) is 17.4. The van der Waals surface area contributed by atoms with Crippen LogP contribution in [0.5, 0.6) is 0 Å². The maximum Gasteiger partial charge on any atom is 1.00 e. The van der Waals surface area contributed by atoms with Crippen molar-refractivity contribution in [1.29, 1.82) is 0 Å². The molecule has 0 atom stereocenters. The molecule has 90 valence electrons. The fourth-order valence-corrected chi connectivity index (χ4v) is 2.38. The van der Waals surface area contributed by atoms with Gasteiger partial charge in [0.1, 0.15) is 0 Å². The minimum absolute atomic E-state index is 0. The van der Waals surface area contributed by atoms with Crippen LogP contribution in [0.15, 0.2) is 23.1 Å². The molecule has 2 heteroatoms. The molecule has 0 heterocycles. The third kappa shape index (κ3) is 6.24. The zero-order valence-corrected chi connectivity index (χ0v) is 14.4. The summed E-state index contributed by atoms with van der Waals surface area (Å²) in [5.74, 6) is 0. The van der Waals surface area contributed by atoms with Crippen LogP contribution in [-0.4, -0.2) is 0 Å². The van der Waals surface area contributed by atoms with Gasteiger partial charge in [-0.05, 0) is 19.3 Å². The van der Waals surface area contributed by atoms with Gasteiger partial charge in [-0.15, -0.1) is 0 Å². The van der Waals surface area contributed by atoms with Gasteiger partial charge >= 0.3 is 29.6 Å². The van der Waals surface area contributed by atoms with Gasteiger partial charge in [0.25, 0.3) is 0 Å². The van der Waals surface area contributed by atoms with Crippen molar-refractivity contribution in [3.05, 3.63) is 29.3 Å². The Labute approximate surface area is 134 Å². The average molecular weight is 258 g/mol. The molecule has 0 N–H and O–H groups in total. The molecule has 0 nitrogen and oxygen atoms in total. The van der Waals surface area contributed by atoms with E-state index in [1.54, 1.807) is 0 Å². The smallest absolute Gasteiger partial charge is 0.779 e. The molecule has 1 aromatic carbocycles. The van der Waals surface area contributed by atoms with Gasteiger partial charge in [-0.3, -0.25) is 0 Å². The summed E-state index contributed by atoms with van der Waals surface area (Å²) in [5, 5.41) is 0. The zero-order valence-electron chi connectivity index (χ0n) is 11.6. The van der Waals surface area contributed by atoms with Crippen LogP contribution in [0.1, 0.15) is 57.1 Å². The number of hydrogen-bond donors (Lipinski definition) is 0. The van der Waals surface area contributed by atoms with Crippen LogP contribution < -0.4 is 29.6 Å². The Hall–Kier alpha value is 0.440. The number of benzene rings is 1. The zero-order chi connectivity index (χ0) is 11.8. The van der Waals surface area contributed by atoms with E-state index in [9.17, 15) is 0 Å². The average Bonchev–Trinajstić information content (AvgIpc) is 2.29. The molecule has 0 aliphatic rings. The van der Waals surface area contributed by atoms with Crippen molar-refractivity contribution in [3.63, 3.8) is 0 Å². The second kappa shape index (κ2) is 10.4. The van der Waals surface area contributed by atoms with E-state index in [1.165, 1.54) is 43.2 Å². The first-order chi connectivity index (χ1) is 7.79. The summed E-state index contributed by atoms with van der Waals surface area (Å²) in [6, 6.07) is 6.55. The van der Waals surface area contributed by atoms with Crippen LogP contribution in [0, 0.1) is 0 Å². The van der Waals surface area contributed by atoms with E-state index < -0.39 is 0 Å². The molecule has 0 spiro atoms. The minimum atomic E-state index is 0. The summed E-state index contributed by atoms with van der Waals surface area (Å²) in [7, 11) is 0. The molecule has 0 radical (unpaired) electrons. The summed E-state index contributed by atoms with van der Waals surface area (Å²) in [6.45, 7) is 4.46. The van der Waals surface area contributed by atoms with Gasteiger partial charge in [-0.25, -0.2) is 0 Å². The standard InChI is InChI=1S/C15H24S.Na/c1-3-5-6-7-10-14-12-8-11-13(9-4-2)15(14)16;/h8,11-12,16H,3-7,9-10H2,1-2H3;/q;+1/p-1. The molecule has 0 saturated heterocycles. The molecular formula is C15H23NaS. The molecule has 1 rings (SSSR count). The SMILES string of the molecule is CCCCCCc1cccc(CCC)c1[S-].[Na+]. The third-order valence-corrected chi connectivity index (χ3v) is 3.52. The topological polar surface area (TPSA) is 0 Å². The summed E-state index contributed by atoms with van der Waals surface area (Å²) in [6.07, 6.45) is 8.75. The Morgan fingerprint density at radius 3 is 2.12 bits per heavy atom. The van der Waals surface area contributed by atoms with E-state index in [1.807, 2.05) is 0 Å². The van der Waals surface area contributed by atoms with E-state index in [4.69, 9.17) is 12.6 Å². The van der Waals surface area contributed by atoms with Gasteiger partial charge in [0.2, 0.25) is 0 Å². The van der Waals surface area contributed by atoms with Crippen molar-refractivity contribution >= 4 is 12.6 Å². The Morgan fingerprint density at radius 2 is 1.53 bits per heavy atom. The number of unbranched alkanes of at least 4 members (excludes halogenated alkanes) is 3. The van der Waals surface area contributed by atoms with Gasteiger partial charge in [-0.1, -0.05) is 68.9 Å². The fourth-order valence-electron chi connectivity index (χ4n) is 2.04. The van der Waals surface area contributed by atoms with Crippen LogP contribution in [0.3, 0.4) is 0 Å². The molecule has 0 unspecified atom stereocenters. The summed E-state index contributed by atoms with van der Waals surface area (Å²) in [4.78, 5) is 1.13. The normalized spacial score (nSPS) is 10.0. The predicted molar refractivity (Wildman–Crippen MR) is 73.9 cm³/mol. The molecule has 0 saturated carbocycles. The Balaban J connectivity index is 0.00000256. The van der Waals surface area contributed by atoms with Gasteiger partial charge in [0.15, 0.2) is 0 Å². The molecular weight excluding hydrogens is 235 g/mol. The second-order valence-electron chi connectivity index (χ2n) is 4.47. The fraction of sp³-hybridized carbons (Fsp3) is 0.600. The maximum absolute atomic E-state index is 5.54. The van der Waals surface area contributed by atoms with E-state index in [0.29, 0.717) is 0 Å². The molecule has 0 fully saturated rings. The Morgan fingerprint density at radius 1 is 0.882 bits per heavy atom. The van der Waals surface area contributed by atoms with Crippen LogP contribution in [0.25, 0.3) is 0 Å². The van der Waals surface area contributed by atoms with Gasteiger partial charge in [0, 0.05) is 0 Å². The second-order valence-corrected chi connectivity index (χ2v) is 4.87. The monoisotopic (exact) mass is 258 g/mol. The van der Waals surface area contributed by atoms with E-state index in [-0.39, 0.29) is 29.6 Å². The van der Waals surface area contributed by atoms with Crippen LogP contribution in [-0.2, 0) is 25.5 Å². The quantitative estimate of drug-likeness (QED) is 0.407. The first-order valence-electron chi connectivity index (χ1n) is 6.57. The van der Waals surface area contributed by atoms with Crippen molar-refractivity contribution in [2.75, 3.05) is 0 Å². The van der Waals surface area contributed by atoms with Crippen molar-refractivity contribution in [1.82, 2.24) is 0 Å². The largest absolute Gasteiger partial charge is 1.00 e. The minimum Gasteiger partial charge on any atom is -0.779 e. The van der Waals surface area contributed by atoms with Gasteiger partial charge < -0.3 is 12.6 Å². The van der Waals surface area contributed by atoms with E-state index in [2.05, 4.69) is 32.0 Å². The summed E-state index contributed by atoms with van der Waals surface area (Å²) in [5.41, 5.74) is 2.75. The van der Waals surface area contributed by atoms with E-state index in [0.717, 1.165) is 17.7 Å². The number of hydrogen-bond acceptors (Lipinski definition) is 1. The Bertz CT molecular complexity index is 310. The molecule has 0 aliphatic carbocycles. The van der Waals surface area contributed by atoms with Crippen LogP contribution in [0.4, 0.5) is 0 Å². The molecule has 1 aromatic rings. The number of aryl methyl sites for hydroxylation is 2. The van der Waals surface area contributed by atoms with Crippen molar-refractivity contribution in [3.8, 4) is 0 Å². The Kier molecular flexibility index (Phi) is 10.6. The molecule has 0 amide bonds. The summed E-state index contributed by atoms with van der Waals surface area (Å²) < 4.78 is 0. The van der Waals surface area contributed by atoms with Crippen molar-refractivity contribution in [2.45, 2.75) is 63.7 Å². The molecule has 17 heavy (non-hydrogen) atoms. The van der Waals surface area contributed by atoms with Crippen LogP contribution >= 0.6 is 0 Å². The number of rotatable bonds is 7. The van der Waals surface area contributed by atoms with Crippen LogP contribution in [0.2, 0.25) is 0 Å².